The minimum absolute atomic E-state index is 0.0305. The third-order valence-corrected chi connectivity index (χ3v) is 4.07. The fraction of sp³-hybridized carbons (Fsp3) is 0.211. The standard InChI is InChI=1S/C19H15F4N3O3/c1-10-25-26-17(28-10)9-16(29-18(24)27)14-8-12(4-7-15(14)20)11-2-5-13(6-3-11)19(21,22)23/h2-8,16H,9H2,1H3,(H2,24,27). The number of benzene rings is 2. The Morgan fingerprint density at radius 3 is 2.34 bits per heavy atom. The number of nitrogens with zero attached hydrogens (tertiary/aromatic N) is 2. The number of ether oxygens (including phenoxy) is 1. The summed E-state index contributed by atoms with van der Waals surface area (Å²) in [6.07, 6.45) is -6.89. The van der Waals surface area contributed by atoms with Crippen LogP contribution in [0.2, 0.25) is 0 Å². The van der Waals surface area contributed by atoms with Gasteiger partial charge in [-0.05, 0) is 35.4 Å². The molecule has 6 nitrogen and oxygen atoms in total. The SMILES string of the molecule is Cc1nnc(CC(OC(N)=O)c2cc(-c3ccc(C(F)(F)F)cc3)ccc2F)o1. The fourth-order valence-corrected chi connectivity index (χ4v) is 2.76. The number of aromatic nitrogens is 2. The monoisotopic (exact) mass is 409 g/mol. The number of halogens is 4. The van der Waals surface area contributed by atoms with Gasteiger partial charge in [0.1, 0.15) is 11.9 Å². The van der Waals surface area contributed by atoms with Gasteiger partial charge >= 0.3 is 12.3 Å². The zero-order valence-corrected chi connectivity index (χ0v) is 15.0. The Labute approximate surface area is 162 Å². The molecule has 1 atom stereocenters. The molecule has 0 saturated heterocycles. The molecule has 3 rings (SSSR count). The number of carbonyl (C=O) groups excluding carboxylic acids is 1. The zero-order chi connectivity index (χ0) is 21.2. The van der Waals surface area contributed by atoms with Crippen LogP contribution < -0.4 is 5.73 Å². The van der Waals surface area contributed by atoms with Crippen LogP contribution in [0.1, 0.15) is 29.0 Å². The Morgan fingerprint density at radius 2 is 1.79 bits per heavy atom. The van der Waals surface area contributed by atoms with Crippen LogP contribution in [0.5, 0.6) is 0 Å². The highest BCUT2D eigenvalue weighted by atomic mass is 19.4. The summed E-state index contributed by atoms with van der Waals surface area (Å²) in [4.78, 5) is 11.3. The molecule has 0 spiro atoms. The van der Waals surface area contributed by atoms with Crippen molar-refractivity contribution in [3.05, 3.63) is 71.2 Å². The van der Waals surface area contributed by atoms with Crippen molar-refractivity contribution in [1.29, 1.82) is 0 Å². The van der Waals surface area contributed by atoms with Crippen LogP contribution in [0.15, 0.2) is 46.9 Å². The maximum absolute atomic E-state index is 14.5. The van der Waals surface area contributed by atoms with Gasteiger partial charge in [-0.25, -0.2) is 9.18 Å². The van der Waals surface area contributed by atoms with Gasteiger partial charge in [-0.3, -0.25) is 0 Å². The molecule has 0 aliphatic rings. The van der Waals surface area contributed by atoms with Gasteiger partial charge in [-0.2, -0.15) is 13.2 Å². The van der Waals surface area contributed by atoms with E-state index < -0.39 is 29.8 Å². The highest BCUT2D eigenvalue weighted by molar-refractivity contribution is 5.66. The smallest absolute Gasteiger partial charge is 0.416 e. The first-order valence-electron chi connectivity index (χ1n) is 8.35. The number of hydrogen-bond acceptors (Lipinski definition) is 5. The van der Waals surface area contributed by atoms with Crippen molar-refractivity contribution in [1.82, 2.24) is 10.2 Å². The molecule has 10 heteroatoms. The third kappa shape index (κ3) is 4.89. The second-order valence-electron chi connectivity index (χ2n) is 6.16. The molecule has 0 saturated carbocycles. The summed E-state index contributed by atoms with van der Waals surface area (Å²) < 4.78 is 62.9. The second-order valence-corrected chi connectivity index (χ2v) is 6.16. The zero-order valence-electron chi connectivity index (χ0n) is 15.0. The average Bonchev–Trinajstić information content (AvgIpc) is 3.05. The molecule has 0 aliphatic carbocycles. The van der Waals surface area contributed by atoms with Gasteiger partial charge in [0.05, 0.1) is 12.0 Å². The number of aryl methyl sites for hydroxylation is 1. The van der Waals surface area contributed by atoms with Crippen molar-refractivity contribution >= 4 is 6.09 Å². The highest BCUT2D eigenvalue weighted by Crippen LogP contribution is 2.33. The van der Waals surface area contributed by atoms with Crippen LogP contribution in [0, 0.1) is 12.7 Å². The lowest BCUT2D eigenvalue weighted by Gasteiger charge is -2.17. The van der Waals surface area contributed by atoms with Crippen molar-refractivity contribution in [2.45, 2.75) is 25.6 Å². The van der Waals surface area contributed by atoms with E-state index in [9.17, 15) is 22.4 Å². The van der Waals surface area contributed by atoms with Gasteiger partial charge in [0.2, 0.25) is 11.8 Å². The molecule has 152 valence electrons. The Hall–Kier alpha value is -3.43. The van der Waals surface area contributed by atoms with Crippen molar-refractivity contribution < 1.29 is 31.5 Å². The Bertz CT molecular complexity index is 1020. The summed E-state index contributed by atoms with van der Waals surface area (Å²) in [5.74, 6) is -0.312. The van der Waals surface area contributed by atoms with Crippen LogP contribution in [0.4, 0.5) is 22.4 Å². The average molecular weight is 409 g/mol. The van der Waals surface area contributed by atoms with Crippen LogP contribution in [0.25, 0.3) is 11.1 Å². The molecule has 29 heavy (non-hydrogen) atoms. The van der Waals surface area contributed by atoms with E-state index in [-0.39, 0.29) is 23.8 Å². The summed E-state index contributed by atoms with van der Waals surface area (Å²) in [7, 11) is 0. The molecule has 2 aromatic carbocycles. The summed E-state index contributed by atoms with van der Waals surface area (Å²) in [5.41, 5.74) is 5.11. The van der Waals surface area contributed by atoms with E-state index in [2.05, 4.69) is 10.2 Å². The van der Waals surface area contributed by atoms with Gasteiger partial charge in [-0.1, -0.05) is 18.2 Å². The number of amides is 1. The first kappa shape index (κ1) is 20.3. The van der Waals surface area contributed by atoms with E-state index in [1.807, 2.05) is 0 Å². The van der Waals surface area contributed by atoms with Crippen LogP contribution in [-0.2, 0) is 17.3 Å². The van der Waals surface area contributed by atoms with Gasteiger partial charge < -0.3 is 14.9 Å². The van der Waals surface area contributed by atoms with Gasteiger partial charge in [0.25, 0.3) is 0 Å². The Morgan fingerprint density at radius 1 is 1.14 bits per heavy atom. The highest BCUT2D eigenvalue weighted by Gasteiger charge is 2.30. The molecule has 0 fully saturated rings. The van der Waals surface area contributed by atoms with Gasteiger partial charge in [0.15, 0.2) is 0 Å². The maximum atomic E-state index is 14.5. The molecular weight excluding hydrogens is 394 g/mol. The van der Waals surface area contributed by atoms with E-state index in [1.165, 1.54) is 24.3 Å². The topological polar surface area (TPSA) is 91.2 Å². The Kier molecular flexibility index (Phi) is 5.53. The van der Waals surface area contributed by atoms with Crippen molar-refractivity contribution in [2.24, 2.45) is 5.73 Å². The fourth-order valence-electron chi connectivity index (χ4n) is 2.76. The lowest BCUT2D eigenvalue weighted by Crippen LogP contribution is -2.20. The number of nitrogens with two attached hydrogens (primary N) is 1. The predicted molar refractivity (Wildman–Crippen MR) is 93.0 cm³/mol. The molecule has 2 N–H and O–H groups in total. The van der Waals surface area contributed by atoms with Crippen LogP contribution in [0.3, 0.4) is 0 Å². The van der Waals surface area contributed by atoms with E-state index in [0.717, 1.165) is 18.2 Å². The van der Waals surface area contributed by atoms with Crippen molar-refractivity contribution in [3.8, 4) is 11.1 Å². The molecule has 1 aromatic heterocycles. The first-order valence-corrected chi connectivity index (χ1v) is 8.35. The number of rotatable bonds is 5. The second kappa shape index (κ2) is 7.90. The van der Waals surface area contributed by atoms with E-state index in [1.54, 1.807) is 6.92 Å². The molecular formula is C19H15F4N3O3. The molecule has 1 heterocycles. The molecule has 0 bridgehead atoms. The Balaban J connectivity index is 1.95. The van der Waals surface area contributed by atoms with Crippen LogP contribution >= 0.6 is 0 Å². The molecule has 3 aromatic rings. The van der Waals surface area contributed by atoms with E-state index in [4.69, 9.17) is 14.9 Å². The number of alkyl halides is 3. The van der Waals surface area contributed by atoms with Crippen molar-refractivity contribution in [2.75, 3.05) is 0 Å². The minimum Gasteiger partial charge on any atom is -0.441 e. The summed E-state index contributed by atoms with van der Waals surface area (Å²) in [6, 6.07) is 8.29. The van der Waals surface area contributed by atoms with Gasteiger partial charge in [0, 0.05) is 12.5 Å². The maximum Gasteiger partial charge on any atom is 0.416 e. The summed E-state index contributed by atoms with van der Waals surface area (Å²) in [6.45, 7) is 1.56. The summed E-state index contributed by atoms with van der Waals surface area (Å²) in [5, 5.41) is 7.44. The summed E-state index contributed by atoms with van der Waals surface area (Å²) >= 11 is 0. The lowest BCUT2D eigenvalue weighted by atomic mass is 9.98. The number of primary amides is 1. The van der Waals surface area contributed by atoms with Crippen LogP contribution in [-0.4, -0.2) is 16.3 Å². The molecule has 0 aliphatic heterocycles. The van der Waals surface area contributed by atoms with E-state index in [0.29, 0.717) is 11.1 Å². The molecule has 0 radical (unpaired) electrons. The normalized spacial score (nSPS) is 12.6. The lowest BCUT2D eigenvalue weighted by molar-refractivity contribution is -0.137. The third-order valence-electron chi connectivity index (χ3n) is 4.07. The quantitative estimate of drug-likeness (QED) is 0.623. The number of carbonyl (C=O) groups is 1. The molecule has 1 unspecified atom stereocenters. The van der Waals surface area contributed by atoms with Gasteiger partial charge in [-0.15, -0.1) is 10.2 Å². The minimum atomic E-state index is -4.46. The predicted octanol–water partition coefficient (Wildman–Crippen LogP) is 4.58. The molecule has 1 amide bonds. The van der Waals surface area contributed by atoms with E-state index >= 15 is 0 Å². The first-order chi connectivity index (χ1) is 13.6. The van der Waals surface area contributed by atoms with Crippen molar-refractivity contribution in [3.63, 3.8) is 0 Å². The number of hydrogen-bond donors (Lipinski definition) is 1. The largest absolute Gasteiger partial charge is 0.441 e.